The van der Waals surface area contributed by atoms with Crippen LogP contribution in [0, 0.1) is 0 Å². The van der Waals surface area contributed by atoms with E-state index in [-0.39, 0.29) is 5.54 Å². The fourth-order valence-corrected chi connectivity index (χ4v) is 2.90. The normalized spacial score (nSPS) is 11.3. The molecule has 0 bridgehead atoms. The molecule has 0 radical (unpaired) electrons. The Labute approximate surface area is 146 Å². The van der Waals surface area contributed by atoms with Gasteiger partial charge in [-0.2, -0.15) is 0 Å². The Morgan fingerprint density at radius 1 is 0.917 bits per heavy atom. The van der Waals surface area contributed by atoms with Crippen molar-refractivity contribution in [3.05, 3.63) is 59.7 Å². The third-order valence-corrected chi connectivity index (χ3v) is 4.38. The quantitative estimate of drug-likeness (QED) is 0.685. The van der Waals surface area contributed by atoms with Gasteiger partial charge in [-0.1, -0.05) is 30.3 Å². The molecule has 0 saturated carbocycles. The van der Waals surface area contributed by atoms with Gasteiger partial charge in [0.25, 0.3) is 0 Å². The molecule has 0 aliphatic rings. The van der Waals surface area contributed by atoms with Gasteiger partial charge in [-0.3, -0.25) is 0 Å². The fraction of sp³-hybridized carbons (Fsp3) is 0.429. The van der Waals surface area contributed by atoms with Crippen LogP contribution in [0.15, 0.2) is 48.5 Å². The van der Waals surface area contributed by atoms with Crippen LogP contribution in [0.25, 0.3) is 0 Å². The van der Waals surface area contributed by atoms with Crippen molar-refractivity contribution in [2.24, 2.45) is 0 Å². The highest BCUT2D eigenvalue weighted by atomic mass is 16.5. The van der Waals surface area contributed by atoms with E-state index in [0.29, 0.717) is 0 Å². The Kier molecular flexibility index (Phi) is 6.68. The maximum absolute atomic E-state index is 5.52. The minimum absolute atomic E-state index is 0.174. The van der Waals surface area contributed by atoms with Crippen LogP contribution in [0.1, 0.15) is 37.8 Å². The predicted octanol–water partition coefficient (Wildman–Crippen LogP) is 4.55. The molecule has 24 heavy (non-hydrogen) atoms. The molecule has 0 aliphatic heterocycles. The van der Waals surface area contributed by atoms with Crippen molar-refractivity contribution >= 4 is 0 Å². The largest absolute Gasteiger partial charge is 0.497 e. The summed E-state index contributed by atoms with van der Waals surface area (Å²) >= 11 is 0. The second-order valence-corrected chi connectivity index (χ2v) is 6.56. The van der Waals surface area contributed by atoms with Gasteiger partial charge in [0.1, 0.15) is 11.5 Å². The summed E-state index contributed by atoms with van der Waals surface area (Å²) in [5.41, 5.74) is 2.35. The summed E-state index contributed by atoms with van der Waals surface area (Å²) in [6.07, 6.45) is 3.46. The van der Waals surface area contributed by atoms with E-state index in [9.17, 15) is 0 Å². The highest BCUT2D eigenvalue weighted by Crippen LogP contribution is 2.32. The average Bonchev–Trinajstić information content (AvgIpc) is 2.61. The molecule has 2 aromatic carbocycles. The Morgan fingerprint density at radius 2 is 1.67 bits per heavy atom. The predicted molar refractivity (Wildman–Crippen MR) is 100.0 cm³/mol. The van der Waals surface area contributed by atoms with Gasteiger partial charge in [-0.25, -0.2) is 0 Å². The third kappa shape index (κ3) is 5.00. The maximum atomic E-state index is 5.52. The lowest BCUT2D eigenvalue weighted by Gasteiger charge is -2.29. The molecule has 0 fully saturated rings. The van der Waals surface area contributed by atoms with Gasteiger partial charge < -0.3 is 14.8 Å². The number of methoxy groups -OCH3 is 2. The van der Waals surface area contributed by atoms with Crippen LogP contribution in [0.3, 0.4) is 0 Å². The summed E-state index contributed by atoms with van der Waals surface area (Å²) in [7, 11) is 3.40. The van der Waals surface area contributed by atoms with Crippen LogP contribution in [0.4, 0.5) is 0 Å². The van der Waals surface area contributed by atoms with Gasteiger partial charge in [-0.15, -0.1) is 0 Å². The molecule has 130 valence electrons. The zero-order valence-electron chi connectivity index (χ0n) is 15.3. The van der Waals surface area contributed by atoms with Crippen molar-refractivity contribution in [2.45, 2.75) is 38.6 Å². The van der Waals surface area contributed by atoms with E-state index in [1.165, 1.54) is 12.0 Å². The first-order valence-corrected chi connectivity index (χ1v) is 8.58. The lowest BCUT2D eigenvalue weighted by atomic mass is 9.92. The number of nitrogens with one attached hydrogen (secondary N) is 1. The first kappa shape index (κ1) is 18.3. The summed E-state index contributed by atoms with van der Waals surface area (Å²) in [4.78, 5) is 0. The third-order valence-electron chi connectivity index (χ3n) is 4.38. The number of hydrogen-bond donors (Lipinski definition) is 1. The van der Waals surface area contributed by atoms with Gasteiger partial charge in [0.05, 0.1) is 14.2 Å². The SMILES string of the molecule is COc1ccc(OC)c(C(C)(C)NCCCCc2ccccc2)c1. The summed E-state index contributed by atoms with van der Waals surface area (Å²) < 4.78 is 10.9. The molecule has 2 aromatic rings. The van der Waals surface area contributed by atoms with Gasteiger partial charge in [-0.05, 0) is 63.4 Å². The van der Waals surface area contributed by atoms with E-state index < -0.39 is 0 Å². The molecule has 0 spiro atoms. The second-order valence-electron chi connectivity index (χ2n) is 6.56. The van der Waals surface area contributed by atoms with Crippen molar-refractivity contribution in [3.63, 3.8) is 0 Å². The molecule has 0 aliphatic carbocycles. The van der Waals surface area contributed by atoms with Gasteiger partial charge in [0.15, 0.2) is 0 Å². The molecule has 0 heterocycles. The zero-order valence-corrected chi connectivity index (χ0v) is 15.3. The van der Waals surface area contributed by atoms with Crippen molar-refractivity contribution in [3.8, 4) is 11.5 Å². The number of ether oxygens (including phenoxy) is 2. The van der Waals surface area contributed by atoms with Crippen LogP contribution in [-0.2, 0) is 12.0 Å². The number of hydrogen-bond acceptors (Lipinski definition) is 3. The summed E-state index contributed by atoms with van der Waals surface area (Å²) in [5.74, 6) is 1.74. The molecule has 1 N–H and O–H groups in total. The zero-order chi connectivity index (χ0) is 17.4. The molecule has 0 amide bonds. The Morgan fingerprint density at radius 3 is 2.33 bits per heavy atom. The van der Waals surface area contributed by atoms with Gasteiger partial charge in [0, 0.05) is 11.1 Å². The molecule has 0 aromatic heterocycles. The van der Waals surface area contributed by atoms with Crippen LogP contribution in [-0.4, -0.2) is 20.8 Å². The Balaban J connectivity index is 1.89. The first-order valence-electron chi connectivity index (χ1n) is 8.58. The van der Waals surface area contributed by atoms with Gasteiger partial charge >= 0.3 is 0 Å². The highest BCUT2D eigenvalue weighted by Gasteiger charge is 2.24. The van der Waals surface area contributed by atoms with Crippen LogP contribution in [0.2, 0.25) is 0 Å². The van der Waals surface area contributed by atoms with E-state index in [0.717, 1.165) is 36.4 Å². The number of rotatable bonds is 9. The topological polar surface area (TPSA) is 30.5 Å². The lowest BCUT2D eigenvalue weighted by Crippen LogP contribution is -2.37. The van der Waals surface area contributed by atoms with E-state index >= 15 is 0 Å². The van der Waals surface area contributed by atoms with Crippen molar-refractivity contribution in [1.82, 2.24) is 5.32 Å². The van der Waals surface area contributed by atoms with E-state index in [2.05, 4.69) is 55.6 Å². The van der Waals surface area contributed by atoms with Gasteiger partial charge in [0.2, 0.25) is 0 Å². The van der Waals surface area contributed by atoms with E-state index in [4.69, 9.17) is 9.47 Å². The van der Waals surface area contributed by atoms with Crippen molar-refractivity contribution in [2.75, 3.05) is 20.8 Å². The molecular formula is C21H29NO2. The molecule has 0 saturated heterocycles. The number of aryl methyl sites for hydroxylation is 1. The molecule has 2 rings (SSSR count). The van der Waals surface area contributed by atoms with Crippen molar-refractivity contribution in [1.29, 1.82) is 0 Å². The van der Waals surface area contributed by atoms with Crippen molar-refractivity contribution < 1.29 is 9.47 Å². The molecular weight excluding hydrogens is 298 g/mol. The number of unbranched alkanes of at least 4 members (excludes halogenated alkanes) is 1. The lowest BCUT2D eigenvalue weighted by molar-refractivity contribution is 0.352. The average molecular weight is 327 g/mol. The minimum Gasteiger partial charge on any atom is -0.497 e. The molecule has 0 atom stereocenters. The minimum atomic E-state index is -0.174. The number of benzene rings is 2. The maximum Gasteiger partial charge on any atom is 0.124 e. The molecule has 3 heteroatoms. The van der Waals surface area contributed by atoms with Crippen LogP contribution < -0.4 is 14.8 Å². The summed E-state index contributed by atoms with van der Waals surface area (Å²) in [5, 5.41) is 3.65. The standard InChI is InChI=1S/C21H29NO2/c1-21(2,19-16-18(23-3)13-14-20(19)24-4)22-15-9-8-12-17-10-6-5-7-11-17/h5-7,10-11,13-14,16,22H,8-9,12,15H2,1-4H3. The fourth-order valence-electron chi connectivity index (χ4n) is 2.90. The monoisotopic (exact) mass is 327 g/mol. The summed E-state index contributed by atoms with van der Waals surface area (Å²) in [6, 6.07) is 16.6. The van der Waals surface area contributed by atoms with E-state index in [1.807, 2.05) is 12.1 Å². The summed E-state index contributed by atoms with van der Waals surface area (Å²) in [6.45, 7) is 5.34. The molecule has 3 nitrogen and oxygen atoms in total. The Hall–Kier alpha value is -2.00. The van der Waals surface area contributed by atoms with Crippen LogP contribution >= 0.6 is 0 Å². The second kappa shape index (κ2) is 8.74. The highest BCUT2D eigenvalue weighted by molar-refractivity contribution is 5.44. The smallest absolute Gasteiger partial charge is 0.124 e. The van der Waals surface area contributed by atoms with E-state index in [1.54, 1.807) is 14.2 Å². The molecule has 0 unspecified atom stereocenters. The first-order chi connectivity index (χ1) is 11.6. The Bertz CT molecular complexity index is 623. The van der Waals surface area contributed by atoms with Crippen LogP contribution in [0.5, 0.6) is 11.5 Å².